The molecule has 0 saturated carbocycles. The van der Waals surface area contributed by atoms with E-state index in [-0.39, 0.29) is 0 Å². The van der Waals surface area contributed by atoms with Crippen LogP contribution in [0.4, 0.5) is 68.2 Å². The molecule has 708 valence electrons. The van der Waals surface area contributed by atoms with Gasteiger partial charge in [-0.25, -0.2) is 0 Å². The monoisotopic (exact) mass is 2170 g/mol. The molecule has 23 aromatic carbocycles. The van der Waals surface area contributed by atoms with Crippen LogP contribution in [0.15, 0.2) is 612 Å². The molecule has 0 saturated heterocycles. The van der Waals surface area contributed by atoms with Crippen molar-refractivity contribution in [1.29, 1.82) is 0 Å². The van der Waals surface area contributed by atoms with Crippen LogP contribution >= 0.6 is 75.1 Å². The second-order valence-electron chi connectivity index (χ2n) is 36.3. The van der Waals surface area contributed by atoms with Crippen LogP contribution < -0.4 is 19.6 Å². The number of thiophene rings is 1. The van der Waals surface area contributed by atoms with E-state index in [9.17, 15) is 0 Å². The van der Waals surface area contributed by atoms with Gasteiger partial charge in [-0.15, -0.1) is 11.3 Å². The average Bonchev–Trinajstić information content (AvgIpc) is 1.53. The molecule has 0 spiro atoms. The zero-order valence-corrected chi connectivity index (χ0v) is 87.9. The summed E-state index contributed by atoms with van der Waals surface area (Å²) in [6, 6.07) is 212. The molecule has 148 heavy (non-hydrogen) atoms. The molecule has 9 heteroatoms. The van der Waals surface area contributed by atoms with Crippen molar-refractivity contribution in [3.05, 3.63) is 635 Å². The predicted molar refractivity (Wildman–Crippen MR) is 644 cm³/mol. The highest BCUT2D eigenvalue weighted by Gasteiger charge is 2.46. The van der Waals surface area contributed by atoms with Crippen molar-refractivity contribution in [2.24, 2.45) is 0 Å². The molecule has 24 aromatic rings. The minimum Gasteiger partial charge on any atom is -0.311 e. The van der Waals surface area contributed by atoms with Crippen LogP contribution in [0.3, 0.4) is 0 Å². The summed E-state index contributed by atoms with van der Waals surface area (Å²) in [6.45, 7) is 0. The van der Waals surface area contributed by atoms with E-state index >= 15 is 0 Å². The van der Waals surface area contributed by atoms with E-state index in [4.69, 9.17) is 0 Å². The molecule has 0 unspecified atom stereocenters. The number of fused-ring (bicyclic) bond motifs is 6. The second kappa shape index (κ2) is 44.9. The van der Waals surface area contributed by atoms with E-state index in [1.807, 2.05) is 29.5 Å². The molecular weight excluding hydrogens is 2080 g/mol. The van der Waals surface area contributed by atoms with Gasteiger partial charge in [0.1, 0.15) is 0 Å². The van der Waals surface area contributed by atoms with Gasteiger partial charge in [0.05, 0.1) is 5.41 Å². The van der Waals surface area contributed by atoms with Crippen LogP contribution in [0.2, 0.25) is 0 Å². The summed E-state index contributed by atoms with van der Waals surface area (Å²) in [7, 11) is 0. The Bertz CT molecular complexity index is 8440. The summed E-state index contributed by atoms with van der Waals surface area (Å²) in [5.41, 5.74) is 37.6. The Morgan fingerprint density at radius 3 is 0.770 bits per heavy atom. The van der Waals surface area contributed by atoms with Gasteiger partial charge in [0.2, 0.25) is 0 Å². The predicted octanol–water partition coefficient (Wildman–Crippen LogP) is 42.1. The van der Waals surface area contributed by atoms with Gasteiger partial charge in [0, 0.05) is 106 Å². The molecular formula is C139H98Br4N4S. The Kier molecular flexibility index (Phi) is 29.2. The van der Waals surface area contributed by atoms with Crippen LogP contribution in [0, 0.1) is 0 Å². The van der Waals surface area contributed by atoms with Gasteiger partial charge >= 0.3 is 0 Å². The number of hydrogen-bond acceptors (Lipinski definition) is 5. The molecule has 0 aliphatic heterocycles. The van der Waals surface area contributed by atoms with Gasteiger partial charge in [-0.3, -0.25) is 0 Å². The van der Waals surface area contributed by atoms with Crippen LogP contribution in [0.1, 0.15) is 22.3 Å². The van der Waals surface area contributed by atoms with E-state index in [1.54, 1.807) is 0 Å². The minimum absolute atomic E-state index is 0.446. The van der Waals surface area contributed by atoms with E-state index in [0.717, 1.165) is 86.1 Å². The van der Waals surface area contributed by atoms with Crippen molar-refractivity contribution >= 4 is 163 Å². The number of hydrogen-bond donors (Lipinski definition) is 0. The third kappa shape index (κ3) is 21.2. The van der Waals surface area contributed by atoms with Crippen molar-refractivity contribution in [3.63, 3.8) is 0 Å². The average molecular weight is 2180 g/mol. The van der Waals surface area contributed by atoms with E-state index < -0.39 is 5.41 Å². The molecule has 1 heterocycles. The van der Waals surface area contributed by atoms with Gasteiger partial charge in [-0.05, 0) is 324 Å². The van der Waals surface area contributed by atoms with Crippen molar-refractivity contribution in [1.82, 2.24) is 0 Å². The van der Waals surface area contributed by atoms with Crippen LogP contribution in [0.25, 0.3) is 109 Å². The summed E-state index contributed by atoms with van der Waals surface area (Å²) >= 11 is 16.0. The standard InChI is InChI=1S/C43H30BrN.C36H24BrNS.C36H26BrN.C24H18BrN/c44-35-24-20-31(21-25-35)32-22-26-37(27-23-32)45(36-16-8-3-9-17-36)38-28-29-40-39-18-10-11-19-41(39)43(42(40)30-38,33-12-4-1-5-13-33)34-14-6-2-7-15-34;37-29-17-10-25(11-18-29)26-12-19-31(20-13-26)38(30-6-2-1-3-7-30)32-21-14-27(15-22-32)28-16-23-36-34(24-28)33-8-4-5-9-35(33)39-36;37-33-21-17-29(18-22-33)30-19-23-34(24-20-30)38(35-15-7-13-31(25-35)27-9-3-1-4-10-27)36-16-8-14-32(26-36)28-11-5-2-6-12-28;25-21-9-7-8-20(18-21)19-14-16-24(17-15-19)26(22-10-3-1-4-11-22)23-12-5-2-6-13-23/h1-30H;1-24H;1-26H;1-18H. The quantitative estimate of drug-likeness (QED) is 0.0711. The maximum Gasteiger partial charge on any atom is 0.0714 e. The Labute approximate surface area is 904 Å². The summed E-state index contributed by atoms with van der Waals surface area (Å²) < 4.78 is 7.02. The molecule has 0 amide bonds. The number of benzene rings is 23. The Morgan fingerprint density at radius 2 is 0.385 bits per heavy atom. The number of nitrogens with zero attached hydrogens (tertiary/aromatic N) is 4. The maximum atomic E-state index is 3.56. The zero-order chi connectivity index (χ0) is 99.9. The topological polar surface area (TPSA) is 13.0 Å². The molecule has 1 aromatic heterocycles. The second-order valence-corrected chi connectivity index (χ2v) is 41.1. The fraction of sp³-hybridized carbons (Fsp3) is 0.00719. The zero-order valence-electron chi connectivity index (χ0n) is 80.8. The van der Waals surface area contributed by atoms with Crippen molar-refractivity contribution in [2.45, 2.75) is 5.41 Å². The molecule has 0 radical (unpaired) electrons. The first kappa shape index (κ1) is 96.2. The Hall–Kier alpha value is -16.6. The molecule has 4 nitrogen and oxygen atoms in total. The molecule has 25 rings (SSSR count). The van der Waals surface area contributed by atoms with Crippen molar-refractivity contribution in [3.8, 4) is 89.0 Å². The summed E-state index contributed by atoms with van der Waals surface area (Å²) in [5.74, 6) is 0. The molecule has 1 aliphatic carbocycles. The van der Waals surface area contributed by atoms with E-state index in [1.165, 1.54) is 131 Å². The fourth-order valence-electron chi connectivity index (χ4n) is 20.1. The lowest BCUT2D eigenvalue weighted by atomic mass is 9.67. The highest BCUT2D eigenvalue weighted by molar-refractivity contribution is 9.11. The third-order valence-electron chi connectivity index (χ3n) is 27.2. The molecule has 1 aliphatic rings. The number of anilines is 12. The van der Waals surface area contributed by atoms with Gasteiger partial charge in [0.15, 0.2) is 0 Å². The Balaban J connectivity index is 0.000000114. The third-order valence-corrected chi connectivity index (χ3v) is 30.4. The number of para-hydroxylation sites is 4. The first-order valence-corrected chi connectivity index (χ1v) is 53.5. The smallest absolute Gasteiger partial charge is 0.0714 e. The minimum atomic E-state index is -0.446. The molecule has 0 N–H and O–H groups in total. The number of halogens is 4. The van der Waals surface area contributed by atoms with Gasteiger partial charge in [0.25, 0.3) is 0 Å². The highest BCUT2D eigenvalue weighted by Crippen LogP contribution is 2.58. The summed E-state index contributed by atoms with van der Waals surface area (Å²) in [4.78, 5) is 9.29. The van der Waals surface area contributed by atoms with Gasteiger partial charge in [-0.2, -0.15) is 0 Å². The van der Waals surface area contributed by atoms with Gasteiger partial charge < -0.3 is 19.6 Å². The maximum absolute atomic E-state index is 3.56. The van der Waals surface area contributed by atoms with Crippen molar-refractivity contribution in [2.75, 3.05) is 19.6 Å². The molecule has 0 bridgehead atoms. The lowest BCUT2D eigenvalue weighted by molar-refractivity contribution is 0.768. The highest BCUT2D eigenvalue weighted by atomic mass is 79.9. The van der Waals surface area contributed by atoms with Gasteiger partial charge in [-0.1, -0.05) is 446 Å². The normalized spacial score (nSPS) is 11.4. The van der Waals surface area contributed by atoms with Crippen LogP contribution in [-0.4, -0.2) is 0 Å². The lowest BCUT2D eigenvalue weighted by Crippen LogP contribution is -2.28. The number of rotatable bonds is 21. The van der Waals surface area contributed by atoms with E-state index in [2.05, 4.69) is 660 Å². The first-order chi connectivity index (χ1) is 73.0. The molecule has 0 atom stereocenters. The lowest BCUT2D eigenvalue weighted by Gasteiger charge is -2.35. The van der Waals surface area contributed by atoms with Crippen molar-refractivity contribution < 1.29 is 0 Å². The van der Waals surface area contributed by atoms with E-state index in [0.29, 0.717) is 0 Å². The van der Waals surface area contributed by atoms with Crippen LogP contribution in [-0.2, 0) is 5.41 Å². The van der Waals surface area contributed by atoms with Crippen LogP contribution in [0.5, 0.6) is 0 Å². The fourth-order valence-corrected chi connectivity index (χ4v) is 22.4. The Morgan fingerprint density at radius 1 is 0.142 bits per heavy atom. The summed E-state index contributed by atoms with van der Waals surface area (Å²) in [5, 5.41) is 2.66. The first-order valence-electron chi connectivity index (χ1n) is 49.5. The largest absolute Gasteiger partial charge is 0.311 e. The molecule has 0 fully saturated rings. The summed E-state index contributed by atoms with van der Waals surface area (Å²) in [6.07, 6.45) is 0. The SMILES string of the molecule is Brc1ccc(-c2ccc(N(c3cccc(-c4ccccc4)c3)c3cccc(-c4ccccc4)c3)cc2)cc1.Brc1ccc(-c2ccc(N(c3ccccc3)c3ccc(-c4ccc5sc6ccccc6c5c4)cc3)cc2)cc1.Brc1ccc(-c2ccc(N(c3ccccc3)c3ccc4c(c3)C(c3ccccc3)(c3ccccc3)c3ccccc3-4)cc2)cc1.Brc1cccc(-c2ccc(N(c3ccccc3)c3ccccc3)cc2)c1.